The van der Waals surface area contributed by atoms with Crippen molar-refractivity contribution in [1.29, 1.82) is 0 Å². The number of nitrogens with zero attached hydrogens (tertiary/aromatic N) is 2. The van der Waals surface area contributed by atoms with Crippen LogP contribution in [0, 0.1) is 19.8 Å². The fourth-order valence-electron chi connectivity index (χ4n) is 2.09. The zero-order valence-electron chi connectivity index (χ0n) is 11.1. The summed E-state index contributed by atoms with van der Waals surface area (Å²) < 4.78 is 2.07. The van der Waals surface area contributed by atoms with E-state index in [9.17, 15) is 0 Å². The largest absolute Gasteiger partial charge is 0.314 e. The van der Waals surface area contributed by atoms with Gasteiger partial charge in [-0.3, -0.25) is 4.68 Å². The van der Waals surface area contributed by atoms with E-state index in [1.54, 1.807) is 0 Å². The molecular formula is C13H22ClN3. The highest BCUT2D eigenvalue weighted by molar-refractivity contribution is 6.31. The summed E-state index contributed by atoms with van der Waals surface area (Å²) >= 11 is 6.19. The van der Waals surface area contributed by atoms with E-state index in [0.717, 1.165) is 29.0 Å². The first kappa shape index (κ1) is 12.9. The summed E-state index contributed by atoms with van der Waals surface area (Å²) in [6, 6.07) is 1.15. The lowest BCUT2D eigenvalue weighted by Gasteiger charge is -2.22. The van der Waals surface area contributed by atoms with Crippen LogP contribution in [0.2, 0.25) is 5.02 Å². The lowest BCUT2D eigenvalue weighted by Crippen LogP contribution is -2.29. The molecule has 0 aliphatic heterocycles. The van der Waals surface area contributed by atoms with Crippen LogP contribution in [-0.4, -0.2) is 22.4 Å². The van der Waals surface area contributed by atoms with Gasteiger partial charge in [0.15, 0.2) is 0 Å². The van der Waals surface area contributed by atoms with Crippen molar-refractivity contribution in [3.05, 3.63) is 16.4 Å². The van der Waals surface area contributed by atoms with Crippen LogP contribution in [0.25, 0.3) is 0 Å². The Labute approximate surface area is 109 Å². The van der Waals surface area contributed by atoms with E-state index in [0.29, 0.717) is 12.0 Å². The van der Waals surface area contributed by atoms with Crippen LogP contribution in [0.1, 0.15) is 44.1 Å². The predicted octanol–water partition coefficient (Wildman–Crippen LogP) is 3.10. The van der Waals surface area contributed by atoms with Crippen LogP contribution >= 0.6 is 11.6 Å². The molecule has 1 aliphatic rings. The average Bonchev–Trinajstić information content (AvgIpc) is 3.09. The normalized spacial score (nSPS) is 19.4. The van der Waals surface area contributed by atoms with Crippen molar-refractivity contribution in [2.75, 3.05) is 6.54 Å². The molecule has 96 valence electrons. The molecular weight excluding hydrogens is 234 g/mol. The topological polar surface area (TPSA) is 29.9 Å². The van der Waals surface area contributed by atoms with Gasteiger partial charge in [-0.05, 0) is 46.1 Å². The molecule has 1 heterocycles. The second kappa shape index (κ2) is 4.99. The first-order valence-electron chi connectivity index (χ1n) is 6.45. The molecule has 0 bridgehead atoms. The Morgan fingerprint density at radius 2 is 2.06 bits per heavy atom. The predicted molar refractivity (Wildman–Crippen MR) is 71.6 cm³/mol. The molecule has 1 aromatic rings. The van der Waals surface area contributed by atoms with Crippen molar-refractivity contribution in [2.24, 2.45) is 5.92 Å². The summed E-state index contributed by atoms with van der Waals surface area (Å²) in [5.74, 6) is 0.560. The third-order valence-corrected chi connectivity index (χ3v) is 4.30. The van der Waals surface area contributed by atoms with Gasteiger partial charge in [-0.15, -0.1) is 0 Å². The van der Waals surface area contributed by atoms with Crippen molar-refractivity contribution >= 4 is 11.6 Å². The Morgan fingerprint density at radius 1 is 1.41 bits per heavy atom. The molecule has 0 amide bonds. The molecule has 17 heavy (non-hydrogen) atoms. The lowest BCUT2D eigenvalue weighted by atomic mass is 10.0. The molecule has 0 spiro atoms. The van der Waals surface area contributed by atoms with E-state index in [2.05, 4.69) is 28.9 Å². The molecule has 2 rings (SSSR count). The lowest BCUT2D eigenvalue weighted by molar-refractivity contribution is 0.331. The summed E-state index contributed by atoms with van der Waals surface area (Å²) in [5.41, 5.74) is 2.01. The first-order chi connectivity index (χ1) is 8.00. The van der Waals surface area contributed by atoms with Gasteiger partial charge in [-0.1, -0.05) is 18.5 Å². The number of aromatic nitrogens is 2. The maximum atomic E-state index is 6.19. The Balaban J connectivity index is 2.01. The van der Waals surface area contributed by atoms with Crippen LogP contribution in [-0.2, 0) is 0 Å². The molecule has 2 unspecified atom stereocenters. The molecule has 1 saturated carbocycles. The van der Waals surface area contributed by atoms with Gasteiger partial charge in [-0.25, -0.2) is 0 Å². The molecule has 2 atom stereocenters. The molecule has 1 N–H and O–H groups in total. The van der Waals surface area contributed by atoms with Gasteiger partial charge >= 0.3 is 0 Å². The van der Waals surface area contributed by atoms with Crippen LogP contribution in [0.15, 0.2) is 0 Å². The van der Waals surface area contributed by atoms with Crippen molar-refractivity contribution in [1.82, 2.24) is 15.1 Å². The number of rotatable bonds is 5. The standard InChI is InChI=1S/C13H22ClN3/c1-8(7-15-12-5-6-12)10(3)17-11(4)13(14)9(2)16-17/h8,10,12,15H,5-7H2,1-4H3. The van der Waals surface area contributed by atoms with E-state index in [4.69, 9.17) is 11.6 Å². The van der Waals surface area contributed by atoms with Crippen molar-refractivity contribution in [3.8, 4) is 0 Å². The van der Waals surface area contributed by atoms with Gasteiger partial charge in [0.05, 0.1) is 22.5 Å². The highest BCUT2D eigenvalue weighted by Gasteiger charge is 2.24. The highest BCUT2D eigenvalue weighted by Crippen LogP contribution is 2.26. The second-order valence-corrected chi connectivity index (χ2v) is 5.71. The Kier molecular flexibility index (Phi) is 3.79. The van der Waals surface area contributed by atoms with Crippen LogP contribution in [0.4, 0.5) is 0 Å². The number of halogens is 1. The SMILES string of the molecule is Cc1nn(C(C)C(C)CNC2CC2)c(C)c1Cl. The molecule has 3 nitrogen and oxygen atoms in total. The summed E-state index contributed by atoms with van der Waals surface area (Å²) in [5, 5.41) is 8.91. The van der Waals surface area contributed by atoms with Crippen molar-refractivity contribution in [2.45, 2.75) is 52.6 Å². The van der Waals surface area contributed by atoms with E-state index in [1.165, 1.54) is 12.8 Å². The maximum Gasteiger partial charge on any atom is 0.0844 e. The minimum Gasteiger partial charge on any atom is -0.314 e. The third kappa shape index (κ3) is 2.83. The number of aryl methyl sites for hydroxylation is 1. The van der Waals surface area contributed by atoms with E-state index >= 15 is 0 Å². The number of hydrogen-bond acceptors (Lipinski definition) is 2. The minimum absolute atomic E-state index is 0.382. The average molecular weight is 256 g/mol. The summed E-state index contributed by atoms with van der Waals surface area (Å²) in [4.78, 5) is 0. The van der Waals surface area contributed by atoms with Gasteiger partial charge < -0.3 is 5.32 Å². The fourth-order valence-corrected chi connectivity index (χ4v) is 2.22. The van der Waals surface area contributed by atoms with Gasteiger partial charge in [0.2, 0.25) is 0 Å². The quantitative estimate of drug-likeness (QED) is 0.876. The molecule has 0 radical (unpaired) electrons. The third-order valence-electron chi connectivity index (χ3n) is 3.75. The van der Waals surface area contributed by atoms with Crippen LogP contribution < -0.4 is 5.32 Å². The van der Waals surface area contributed by atoms with E-state index < -0.39 is 0 Å². The van der Waals surface area contributed by atoms with Crippen LogP contribution in [0.3, 0.4) is 0 Å². The monoisotopic (exact) mass is 255 g/mol. The van der Waals surface area contributed by atoms with E-state index in [1.807, 2.05) is 13.8 Å². The first-order valence-corrected chi connectivity index (χ1v) is 6.83. The van der Waals surface area contributed by atoms with Gasteiger partial charge in [0.1, 0.15) is 0 Å². The van der Waals surface area contributed by atoms with E-state index in [-0.39, 0.29) is 0 Å². The van der Waals surface area contributed by atoms with Crippen LogP contribution in [0.5, 0.6) is 0 Å². The zero-order valence-corrected chi connectivity index (χ0v) is 11.9. The smallest absolute Gasteiger partial charge is 0.0844 e. The Hall–Kier alpha value is -0.540. The molecule has 1 fully saturated rings. The van der Waals surface area contributed by atoms with Gasteiger partial charge in [-0.2, -0.15) is 5.10 Å². The maximum absolute atomic E-state index is 6.19. The second-order valence-electron chi connectivity index (χ2n) is 5.33. The summed E-state index contributed by atoms with van der Waals surface area (Å²) in [6.07, 6.45) is 2.68. The summed E-state index contributed by atoms with van der Waals surface area (Å²) in [6.45, 7) is 9.55. The minimum atomic E-state index is 0.382. The fraction of sp³-hybridized carbons (Fsp3) is 0.769. The molecule has 1 aliphatic carbocycles. The Morgan fingerprint density at radius 3 is 2.53 bits per heavy atom. The molecule has 0 aromatic carbocycles. The van der Waals surface area contributed by atoms with Crippen molar-refractivity contribution < 1.29 is 0 Å². The zero-order chi connectivity index (χ0) is 12.6. The molecule has 4 heteroatoms. The van der Waals surface area contributed by atoms with Crippen molar-refractivity contribution in [3.63, 3.8) is 0 Å². The molecule has 1 aromatic heterocycles. The number of hydrogen-bond donors (Lipinski definition) is 1. The molecule has 0 saturated heterocycles. The summed E-state index contributed by atoms with van der Waals surface area (Å²) in [7, 11) is 0. The van der Waals surface area contributed by atoms with Gasteiger partial charge in [0.25, 0.3) is 0 Å². The number of nitrogens with one attached hydrogen (secondary N) is 1. The Bertz CT molecular complexity index is 396. The highest BCUT2D eigenvalue weighted by atomic mass is 35.5. The van der Waals surface area contributed by atoms with Gasteiger partial charge in [0, 0.05) is 6.04 Å².